The van der Waals surface area contributed by atoms with Crippen LogP contribution in [0.5, 0.6) is 5.75 Å². The Balaban J connectivity index is 0.00000480. The third-order valence-corrected chi connectivity index (χ3v) is 5.26. The Labute approximate surface area is 205 Å². The zero-order valence-electron chi connectivity index (χ0n) is 19.6. The van der Waals surface area contributed by atoms with Gasteiger partial charge in [0.05, 0.1) is 19.3 Å². The molecule has 8 heteroatoms. The summed E-state index contributed by atoms with van der Waals surface area (Å²) in [6.45, 7) is 13.9. The second-order valence-electron chi connectivity index (χ2n) is 7.79. The van der Waals surface area contributed by atoms with Crippen molar-refractivity contribution in [3.8, 4) is 5.75 Å². The molecular weight excluding hydrogens is 507 g/mol. The number of hydrogen-bond acceptors (Lipinski definition) is 5. The number of guanidine groups is 1. The van der Waals surface area contributed by atoms with Crippen LogP contribution in [-0.4, -0.2) is 76.6 Å². The van der Waals surface area contributed by atoms with Gasteiger partial charge in [0.25, 0.3) is 0 Å². The molecule has 1 aromatic rings. The number of halogens is 1. The average molecular weight is 549 g/mol. The number of para-hydroxylation sites is 1. The highest BCUT2D eigenvalue weighted by Crippen LogP contribution is 2.17. The first-order valence-electron chi connectivity index (χ1n) is 11.2. The maximum atomic E-state index is 6.07. The van der Waals surface area contributed by atoms with E-state index in [0.717, 1.165) is 69.7 Å². The zero-order valence-corrected chi connectivity index (χ0v) is 21.9. The van der Waals surface area contributed by atoms with Crippen molar-refractivity contribution in [1.82, 2.24) is 15.5 Å². The lowest BCUT2D eigenvalue weighted by Crippen LogP contribution is -2.39. The number of nitrogens with zero attached hydrogens (tertiary/aromatic N) is 2. The molecule has 0 amide bonds. The van der Waals surface area contributed by atoms with Gasteiger partial charge in [0, 0.05) is 51.9 Å². The lowest BCUT2D eigenvalue weighted by atomic mass is 10.0. The molecule has 0 saturated carbocycles. The van der Waals surface area contributed by atoms with Gasteiger partial charge < -0.3 is 24.8 Å². The van der Waals surface area contributed by atoms with Crippen LogP contribution in [0.4, 0.5) is 0 Å². The van der Waals surface area contributed by atoms with E-state index in [1.165, 1.54) is 0 Å². The summed E-state index contributed by atoms with van der Waals surface area (Å²) < 4.78 is 17.3. The van der Waals surface area contributed by atoms with Crippen LogP contribution in [0.25, 0.3) is 0 Å². The molecule has 1 aliphatic rings. The Morgan fingerprint density at radius 2 is 1.94 bits per heavy atom. The first-order valence-corrected chi connectivity index (χ1v) is 11.2. The van der Waals surface area contributed by atoms with Crippen LogP contribution in [0.1, 0.15) is 32.8 Å². The van der Waals surface area contributed by atoms with Gasteiger partial charge in [-0.3, -0.25) is 9.89 Å². The highest BCUT2D eigenvalue weighted by atomic mass is 127. The smallest absolute Gasteiger partial charge is 0.191 e. The maximum absolute atomic E-state index is 6.07. The fourth-order valence-corrected chi connectivity index (χ4v) is 3.46. The van der Waals surface area contributed by atoms with E-state index in [1.807, 2.05) is 25.1 Å². The van der Waals surface area contributed by atoms with Gasteiger partial charge in [-0.05, 0) is 25.3 Å². The molecule has 0 aliphatic carbocycles. The maximum Gasteiger partial charge on any atom is 0.191 e. The Morgan fingerprint density at radius 1 is 1.19 bits per heavy atom. The van der Waals surface area contributed by atoms with Gasteiger partial charge in [-0.25, -0.2) is 0 Å². The lowest BCUT2D eigenvalue weighted by Gasteiger charge is -2.26. The minimum Gasteiger partial charge on any atom is -0.492 e. The molecule has 1 aromatic carbocycles. The van der Waals surface area contributed by atoms with Crippen molar-refractivity contribution in [1.29, 1.82) is 0 Å². The number of benzene rings is 1. The van der Waals surface area contributed by atoms with E-state index in [-0.39, 0.29) is 30.1 Å². The number of aliphatic imine (C=N–C) groups is 1. The lowest BCUT2D eigenvalue weighted by molar-refractivity contribution is 0.0258. The molecule has 1 aliphatic heterocycles. The quantitative estimate of drug-likeness (QED) is 0.238. The predicted molar refractivity (Wildman–Crippen MR) is 138 cm³/mol. The van der Waals surface area contributed by atoms with Crippen LogP contribution in [0, 0.1) is 5.92 Å². The summed E-state index contributed by atoms with van der Waals surface area (Å²) >= 11 is 0. The highest BCUT2D eigenvalue weighted by Gasteiger charge is 2.13. The molecular formula is C23H41IN4O3. The molecule has 0 radical (unpaired) electrons. The van der Waals surface area contributed by atoms with Crippen molar-refractivity contribution < 1.29 is 14.2 Å². The molecule has 178 valence electrons. The molecule has 2 rings (SSSR count). The first kappa shape index (κ1) is 27.9. The van der Waals surface area contributed by atoms with Gasteiger partial charge in [-0.15, -0.1) is 24.0 Å². The van der Waals surface area contributed by atoms with Gasteiger partial charge in [0.15, 0.2) is 5.96 Å². The van der Waals surface area contributed by atoms with Crippen LogP contribution in [0.15, 0.2) is 29.3 Å². The Bertz CT molecular complexity index is 625. The number of nitrogens with one attached hydrogen (secondary N) is 2. The monoisotopic (exact) mass is 548 g/mol. The van der Waals surface area contributed by atoms with Crippen LogP contribution in [0.3, 0.4) is 0 Å². The van der Waals surface area contributed by atoms with E-state index >= 15 is 0 Å². The van der Waals surface area contributed by atoms with Crippen molar-refractivity contribution in [2.45, 2.75) is 39.8 Å². The van der Waals surface area contributed by atoms with Crippen molar-refractivity contribution in [3.05, 3.63) is 29.8 Å². The Kier molecular flexibility index (Phi) is 14.9. The molecule has 2 N–H and O–H groups in total. The van der Waals surface area contributed by atoms with Gasteiger partial charge in [-0.2, -0.15) is 0 Å². The summed E-state index contributed by atoms with van der Waals surface area (Å²) in [5.41, 5.74) is 1.12. The van der Waals surface area contributed by atoms with Crippen LogP contribution < -0.4 is 15.4 Å². The normalized spacial score (nSPS) is 16.0. The van der Waals surface area contributed by atoms with E-state index in [9.17, 15) is 0 Å². The third-order valence-electron chi connectivity index (χ3n) is 5.26. The second kappa shape index (κ2) is 16.5. The highest BCUT2D eigenvalue weighted by molar-refractivity contribution is 14.0. The standard InChI is InChI=1S/C23H40N4O3.HI/c1-5-29-21(19(2)3)10-11-25-23(24-4)26-18-20-8-6-7-9-22(20)30-17-14-27-12-15-28-16-13-27;/h6-9,19,21H,5,10-18H2,1-4H3,(H2,24,25,26);1H. The Morgan fingerprint density at radius 3 is 2.61 bits per heavy atom. The van der Waals surface area contributed by atoms with Gasteiger partial charge in [0.2, 0.25) is 0 Å². The topological polar surface area (TPSA) is 67.3 Å². The summed E-state index contributed by atoms with van der Waals surface area (Å²) in [5.74, 6) is 2.21. The second-order valence-corrected chi connectivity index (χ2v) is 7.79. The molecule has 0 aromatic heterocycles. The van der Waals surface area contributed by atoms with Crippen molar-refractivity contribution in [2.24, 2.45) is 10.9 Å². The van der Waals surface area contributed by atoms with Gasteiger partial charge in [0.1, 0.15) is 12.4 Å². The SMILES string of the molecule is CCOC(CCNC(=NC)NCc1ccccc1OCCN1CCOCC1)C(C)C.I. The molecule has 1 heterocycles. The van der Waals surface area contributed by atoms with Crippen LogP contribution in [-0.2, 0) is 16.0 Å². The fraction of sp³-hybridized carbons (Fsp3) is 0.696. The predicted octanol–water partition coefficient (Wildman–Crippen LogP) is 3.13. The minimum absolute atomic E-state index is 0. The van der Waals surface area contributed by atoms with Gasteiger partial charge >= 0.3 is 0 Å². The summed E-state index contributed by atoms with van der Waals surface area (Å²) in [6.07, 6.45) is 1.22. The molecule has 0 spiro atoms. The van der Waals surface area contributed by atoms with Crippen molar-refractivity contribution >= 4 is 29.9 Å². The largest absolute Gasteiger partial charge is 0.492 e. The molecule has 7 nitrogen and oxygen atoms in total. The number of rotatable bonds is 12. The molecule has 1 fully saturated rings. The van der Waals surface area contributed by atoms with Crippen LogP contribution in [0.2, 0.25) is 0 Å². The number of ether oxygens (including phenoxy) is 3. The number of hydrogen-bond donors (Lipinski definition) is 2. The van der Waals surface area contributed by atoms with E-state index in [0.29, 0.717) is 19.1 Å². The molecule has 31 heavy (non-hydrogen) atoms. The molecule has 1 unspecified atom stereocenters. The summed E-state index contributed by atoms with van der Waals surface area (Å²) in [7, 11) is 1.79. The van der Waals surface area contributed by atoms with E-state index < -0.39 is 0 Å². The summed E-state index contributed by atoms with van der Waals surface area (Å²) in [6, 6.07) is 8.17. The number of morpholine rings is 1. The van der Waals surface area contributed by atoms with Crippen molar-refractivity contribution in [3.63, 3.8) is 0 Å². The molecule has 1 saturated heterocycles. The van der Waals surface area contributed by atoms with Gasteiger partial charge in [-0.1, -0.05) is 32.0 Å². The molecule has 0 bridgehead atoms. The average Bonchev–Trinajstić information content (AvgIpc) is 2.76. The van der Waals surface area contributed by atoms with E-state index in [2.05, 4.69) is 40.4 Å². The minimum atomic E-state index is 0. The summed E-state index contributed by atoms with van der Waals surface area (Å²) in [4.78, 5) is 6.72. The zero-order chi connectivity index (χ0) is 21.6. The molecule has 1 atom stereocenters. The van der Waals surface area contributed by atoms with E-state index in [1.54, 1.807) is 7.05 Å². The Hall–Kier alpha value is -1.10. The first-order chi connectivity index (χ1) is 14.6. The third kappa shape index (κ3) is 10.9. The fourth-order valence-electron chi connectivity index (χ4n) is 3.46. The van der Waals surface area contributed by atoms with Crippen molar-refractivity contribution in [2.75, 3.05) is 59.7 Å². The summed E-state index contributed by atoms with van der Waals surface area (Å²) in [5, 5.41) is 6.78. The van der Waals surface area contributed by atoms with Crippen LogP contribution >= 0.6 is 24.0 Å². The van der Waals surface area contributed by atoms with E-state index in [4.69, 9.17) is 14.2 Å².